The van der Waals surface area contributed by atoms with E-state index in [9.17, 15) is 18.0 Å². The van der Waals surface area contributed by atoms with Crippen LogP contribution in [0.25, 0.3) is 0 Å². The minimum Gasteiger partial charge on any atom is -0.479 e. The molecule has 0 saturated carbocycles. The number of aliphatic carboxylic acids is 1. The molecule has 1 unspecified atom stereocenters. The molecular formula is C9H6ClF3O2. The molecule has 0 fully saturated rings. The zero-order valence-corrected chi connectivity index (χ0v) is 8.06. The smallest absolute Gasteiger partial charge is 0.338 e. The summed E-state index contributed by atoms with van der Waals surface area (Å²) in [5.74, 6) is -3.75. The van der Waals surface area contributed by atoms with E-state index in [0.29, 0.717) is 0 Å². The van der Waals surface area contributed by atoms with Gasteiger partial charge in [-0.25, -0.2) is 18.0 Å². The van der Waals surface area contributed by atoms with Crippen LogP contribution in [0.5, 0.6) is 0 Å². The molecule has 82 valence electrons. The van der Waals surface area contributed by atoms with Crippen LogP contribution in [0.1, 0.15) is 5.56 Å². The third-order valence-corrected chi connectivity index (χ3v) is 2.09. The Morgan fingerprint density at radius 1 is 1.40 bits per heavy atom. The van der Waals surface area contributed by atoms with Crippen molar-refractivity contribution in [3.63, 3.8) is 0 Å². The van der Waals surface area contributed by atoms with Crippen LogP contribution in [-0.4, -0.2) is 17.2 Å². The number of carbonyl (C=O) groups is 1. The lowest BCUT2D eigenvalue weighted by Gasteiger charge is -2.05. The summed E-state index contributed by atoms with van der Waals surface area (Å²) in [7, 11) is 0. The zero-order valence-electron chi connectivity index (χ0n) is 7.31. The van der Waals surface area contributed by atoms with Crippen LogP contribution < -0.4 is 0 Å². The fourth-order valence-corrected chi connectivity index (χ4v) is 1.13. The summed E-state index contributed by atoms with van der Waals surface area (Å²) in [5.41, 5.74) is -0.0932. The summed E-state index contributed by atoms with van der Waals surface area (Å²) < 4.78 is 38.4. The minimum absolute atomic E-state index is 0.0932. The van der Waals surface area contributed by atoms with Gasteiger partial charge in [0, 0.05) is 6.42 Å². The van der Waals surface area contributed by atoms with E-state index in [1.165, 1.54) is 0 Å². The van der Waals surface area contributed by atoms with Gasteiger partial charge in [0.25, 0.3) is 0 Å². The van der Waals surface area contributed by atoms with Crippen molar-refractivity contribution in [2.45, 2.75) is 12.6 Å². The molecule has 1 atom stereocenters. The lowest BCUT2D eigenvalue weighted by atomic mass is 10.1. The van der Waals surface area contributed by atoms with Gasteiger partial charge >= 0.3 is 5.97 Å². The number of benzene rings is 1. The monoisotopic (exact) mass is 238 g/mol. The molecule has 0 radical (unpaired) electrons. The maximum Gasteiger partial charge on any atom is 0.338 e. The molecule has 1 aromatic rings. The predicted octanol–water partition coefficient (Wildman–Crippen LogP) is 2.58. The van der Waals surface area contributed by atoms with Crippen LogP contribution >= 0.6 is 11.6 Å². The second-order valence-electron chi connectivity index (χ2n) is 2.88. The number of halogens is 4. The Morgan fingerprint density at radius 2 is 1.87 bits per heavy atom. The van der Waals surface area contributed by atoms with Crippen molar-refractivity contribution < 1.29 is 23.1 Å². The van der Waals surface area contributed by atoms with Crippen LogP contribution in [0.3, 0.4) is 0 Å². The highest BCUT2D eigenvalue weighted by Gasteiger charge is 2.18. The van der Waals surface area contributed by atoms with E-state index in [1.54, 1.807) is 0 Å². The van der Waals surface area contributed by atoms with Gasteiger partial charge in [0.1, 0.15) is 16.7 Å². The maximum atomic E-state index is 12.8. The van der Waals surface area contributed by atoms with Crippen molar-refractivity contribution in [3.05, 3.63) is 34.4 Å². The number of carboxylic acid groups (broad SMARTS) is 1. The number of hydrogen-bond acceptors (Lipinski definition) is 1. The van der Waals surface area contributed by atoms with Gasteiger partial charge in [-0.2, -0.15) is 0 Å². The predicted molar refractivity (Wildman–Crippen MR) is 47.6 cm³/mol. The molecule has 0 bridgehead atoms. The average Bonchev–Trinajstić information content (AvgIpc) is 2.13. The molecule has 0 spiro atoms. The van der Waals surface area contributed by atoms with E-state index >= 15 is 0 Å². The normalized spacial score (nSPS) is 12.5. The van der Waals surface area contributed by atoms with Crippen molar-refractivity contribution in [2.24, 2.45) is 0 Å². The van der Waals surface area contributed by atoms with Crippen LogP contribution in [0.4, 0.5) is 13.2 Å². The Balaban J connectivity index is 2.92. The van der Waals surface area contributed by atoms with Crippen molar-refractivity contribution in [1.82, 2.24) is 0 Å². The van der Waals surface area contributed by atoms with E-state index in [0.717, 1.165) is 12.1 Å². The van der Waals surface area contributed by atoms with E-state index in [-0.39, 0.29) is 5.56 Å². The Morgan fingerprint density at radius 3 is 2.27 bits per heavy atom. The van der Waals surface area contributed by atoms with E-state index in [4.69, 9.17) is 16.7 Å². The third-order valence-electron chi connectivity index (χ3n) is 1.73. The van der Waals surface area contributed by atoms with Crippen LogP contribution in [0, 0.1) is 11.6 Å². The Bertz CT molecular complexity index is 372. The summed E-state index contributed by atoms with van der Waals surface area (Å²) in [6.45, 7) is 0. The van der Waals surface area contributed by atoms with E-state index < -0.39 is 35.2 Å². The van der Waals surface area contributed by atoms with Crippen molar-refractivity contribution in [3.8, 4) is 0 Å². The lowest BCUT2D eigenvalue weighted by molar-refractivity contribution is -0.142. The van der Waals surface area contributed by atoms with Gasteiger partial charge < -0.3 is 5.11 Å². The second-order valence-corrected chi connectivity index (χ2v) is 3.26. The number of rotatable bonds is 3. The molecule has 1 N–H and O–H groups in total. The highest BCUT2D eigenvalue weighted by atomic mass is 35.5. The first-order valence-corrected chi connectivity index (χ1v) is 4.30. The maximum absolute atomic E-state index is 12.8. The zero-order chi connectivity index (χ0) is 11.6. The van der Waals surface area contributed by atoms with Crippen molar-refractivity contribution in [1.29, 1.82) is 0 Å². The number of carboxylic acids is 1. The van der Waals surface area contributed by atoms with Crippen LogP contribution in [0.15, 0.2) is 12.1 Å². The van der Waals surface area contributed by atoms with Crippen molar-refractivity contribution in [2.75, 3.05) is 0 Å². The molecule has 0 amide bonds. The highest BCUT2D eigenvalue weighted by molar-refractivity contribution is 6.30. The molecule has 0 aliphatic heterocycles. The third kappa shape index (κ3) is 2.86. The molecular weight excluding hydrogens is 233 g/mol. The van der Waals surface area contributed by atoms with E-state index in [1.807, 2.05) is 0 Å². The molecule has 0 saturated heterocycles. The largest absolute Gasteiger partial charge is 0.479 e. The summed E-state index contributed by atoms with van der Waals surface area (Å²) in [6.07, 6.45) is -2.79. The van der Waals surface area contributed by atoms with Crippen LogP contribution in [0.2, 0.25) is 5.02 Å². The molecule has 1 aromatic carbocycles. The second kappa shape index (κ2) is 4.53. The minimum atomic E-state index is -2.19. The van der Waals surface area contributed by atoms with Gasteiger partial charge in [-0.15, -0.1) is 0 Å². The molecule has 6 heteroatoms. The van der Waals surface area contributed by atoms with Gasteiger partial charge in [-0.3, -0.25) is 0 Å². The molecule has 0 aromatic heterocycles. The van der Waals surface area contributed by atoms with Gasteiger partial charge in [0.05, 0.1) is 0 Å². The first-order chi connectivity index (χ1) is 6.91. The quantitative estimate of drug-likeness (QED) is 0.822. The lowest BCUT2D eigenvalue weighted by Crippen LogP contribution is -2.17. The summed E-state index contributed by atoms with van der Waals surface area (Å²) in [5, 5.41) is 7.56. The fraction of sp³-hybridized carbons (Fsp3) is 0.222. The van der Waals surface area contributed by atoms with Crippen molar-refractivity contribution >= 4 is 17.6 Å². The fourth-order valence-electron chi connectivity index (χ4n) is 1.02. The van der Waals surface area contributed by atoms with Gasteiger partial charge in [0.15, 0.2) is 0 Å². The van der Waals surface area contributed by atoms with Crippen LogP contribution in [-0.2, 0) is 11.2 Å². The van der Waals surface area contributed by atoms with Gasteiger partial charge in [-0.1, -0.05) is 11.6 Å². The van der Waals surface area contributed by atoms with Gasteiger partial charge in [0.2, 0.25) is 6.17 Å². The molecule has 15 heavy (non-hydrogen) atoms. The Kier molecular flexibility index (Phi) is 3.57. The Labute approximate surface area is 88.3 Å². The number of alkyl halides is 1. The summed E-state index contributed by atoms with van der Waals surface area (Å²) >= 11 is 5.19. The molecule has 0 heterocycles. The first-order valence-electron chi connectivity index (χ1n) is 3.92. The Hall–Kier alpha value is -1.23. The number of hydrogen-bond donors (Lipinski definition) is 1. The molecule has 2 nitrogen and oxygen atoms in total. The average molecular weight is 239 g/mol. The summed E-state index contributed by atoms with van der Waals surface area (Å²) in [4.78, 5) is 10.2. The first kappa shape index (κ1) is 11.8. The molecule has 0 aliphatic carbocycles. The SMILES string of the molecule is O=C(O)C(F)Cc1cc(F)c(Cl)c(F)c1. The van der Waals surface area contributed by atoms with Gasteiger partial charge in [-0.05, 0) is 17.7 Å². The topological polar surface area (TPSA) is 37.3 Å². The standard InChI is InChI=1S/C9H6ClF3O2/c10-8-5(11)1-4(2-6(8)12)3-7(13)9(14)15/h1-2,7H,3H2,(H,14,15). The highest BCUT2D eigenvalue weighted by Crippen LogP contribution is 2.21. The van der Waals surface area contributed by atoms with E-state index in [2.05, 4.69) is 0 Å². The molecule has 1 rings (SSSR count). The molecule has 0 aliphatic rings. The summed E-state index contributed by atoms with van der Waals surface area (Å²) in [6, 6.07) is 1.61.